The van der Waals surface area contributed by atoms with Crippen LogP contribution in [0, 0.1) is 0 Å². The average Bonchev–Trinajstić information content (AvgIpc) is 2.38. The molecule has 0 bridgehead atoms. The van der Waals surface area contributed by atoms with Gasteiger partial charge in [-0.2, -0.15) is 0 Å². The fourth-order valence-electron chi connectivity index (χ4n) is 0.578. The van der Waals surface area contributed by atoms with E-state index in [4.69, 9.17) is 0 Å². The molecule has 0 saturated heterocycles. The zero-order valence-electron chi connectivity index (χ0n) is 5.87. The van der Waals surface area contributed by atoms with Gasteiger partial charge in [0.1, 0.15) is 17.8 Å². The Kier molecular flexibility index (Phi) is 2.39. The molecule has 0 aromatic carbocycles. The van der Waals surface area contributed by atoms with E-state index in [0.717, 1.165) is 10.7 Å². The first-order valence-electron chi connectivity index (χ1n) is 2.82. The predicted molar refractivity (Wildman–Crippen MR) is 41.3 cm³/mol. The number of rotatable bonds is 2. The topological polar surface area (TPSA) is 34.5 Å². The van der Waals surface area contributed by atoms with Crippen molar-refractivity contribution >= 4 is 17.0 Å². The van der Waals surface area contributed by atoms with Gasteiger partial charge in [0.2, 0.25) is 0 Å². The van der Waals surface area contributed by atoms with Gasteiger partial charge < -0.3 is 4.84 Å². The molecular formula is C6H8N2OS. The molecule has 10 heavy (non-hydrogen) atoms. The largest absolute Gasteiger partial charge is 0.399 e. The van der Waals surface area contributed by atoms with Gasteiger partial charge in [-0.05, 0) is 6.92 Å². The lowest BCUT2D eigenvalue weighted by molar-refractivity contribution is 0.213. The summed E-state index contributed by atoms with van der Waals surface area (Å²) in [5.41, 5.74) is 0.817. The Morgan fingerprint density at radius 3 is 3.10 bits per heavy atom. The molecule has 0 aliphatic rings. The van der Waals surface area contributed by atoms with E-state index in [-0.39, 0.29) is 0 Å². The Bertz CT molecular complexity index is 218. The molecule has 0 saturated carbocycles. The molecule has 1 aromatic rings. The molecule has 0 aliphatic heterocycles. The number of nitrogens with zero attached hydrogens (tertiary/aromatic N) is 2. The summed E-state index contributed by atoms with van der Waals surface area (Å²) in [6.07, 6.45) is 1.74. The summed E-state index contributed by atoms with van der Waals surface area (Å²) < 4.78 is 0. The third kappa shape index (κ3) is 1.54. The minimum Gasteiger partial charge on any atom is -0.399 e. The minimum absolute atomic E-state index is 0.817. The standard InChI is InChI=1S/C6H8N2OS/c1-5(8-9-2)6-7-3-4-10-6/h3-4H,1-2H3/b8-5-. The van der Waals surface area contributed by atoms with Crippen molar-refractivity contribution in [1.82, 2.24) is 4.98 Å². The average molecular weight is 156 g/mol. The van der Waals surface area contributed by atoms with E-state index in [1.807, 2.05) is 12.3 Å². The maximum Gasteiger partial charge on any atom is 0.140 e. The Balaban J connectivity index is 2.77. The fraction of sp³-hybridized carbons (Fsp3) is 0.333. The molecular weight excluding hydrogens is 148 g/mol. The lowest BCUT2D eigenvalue weighted by Gasteiger charge is -1.90. The van der Waals surface area contributed by atoms with Gasteiger partial charge in [-0.3, -0.25) is 0 Å². The zero-order chi connectivity index (χ0) is 7.40. The fourth-order valence-corrected chi connectivity index (χ4v) is 1.16. The maximum atomic E-state index is 4.58. The first kappa shape index (κ1) is 7.21. The molecule has 0 radical (unpaired) electrons. The summed E-state index contributed by atoms with van der Waals surface area (Å²) in [5, 5.41) is 6.54. The molecule has 0 unspecified atom stereocenters. The Morgan fingerprint density at radius 1 is 1.80 bits per heavy atom. The monoisotopic (exact) mass is 156 g/mol. The van der Waals surface area contributed by atoms with Crippen LogP contribution in [-0.4, -0.2) is 17.8 Å². The van der Waals surface area contributed by atoms with Crippen molar-refractivity contribution in [3.63, 3.8) is 0 Å². The van der Waals surface area contributed by atoms with E-state index in [1.54, 1.807) is 17.5 Å². The summed E-state index contributed by atoms with van der Waals surface area (Å²) in [4.78, 5) is 8.62. The van der Waals surface area contributed by atoms with E-state index in [0.29, 0.717) is 0 Å². The summed E-state index contributed by atoms with van der Waals surface area (Å²) in [7, 11) is 1.52. The molecule has 1 aromatic heterocycles. The van der Waals surface area contributed by atoms with Gasteiger partial charge in [0.05, 0.1) is 0 Å². The number of hydrogen-bond donors (Lipinski definition) is 0. The molecule has 0 aliphatic carbocycles. The van der Waals surface area contributed by atoms with Crippen LogP contribution < -0.4 is 0 Å². The molecule has 4 heteroatoms. The van der Waals surface area contributed by atoms with Gasteiger partial charge in [-0.25, -0.2) is 4.98 Å². The van der Waals surface area contributed by atoms with Crippen molar-refractivity contribution in [2.45, 2.75) is 6.92 Å². The van der Waals surface area contributed by atoms with Crippen LogP contribution in [0.5, 0.6) is 0 Å². The molecule has 3 nitrogen and oxygen atoms in total. The first-order valence-corrected chi connectivity index (χ1v) is 3.70. The predicted octanol–water partition coefficient (Wildman–Crippen LogP) is 1.51. The van der Waals surface area contributed by atoms with E-state index < -0.39 is 0 Å². The number of thiazole rings is 1. The SMILES string of the molecule is CO/N=C(/C)c1nccs1. The third-order valence-electron chi connectivity index (χ3n) is 0.970. The van der Waals surface area contributed by atoms with Gasteiger partial charge >= 0.3 is 0 Å². The molecule has 0 amide bonds. The second kappa shape index (κ2) is 3.31. The van der Waals surface area contributed by atoms with Crippen LogP contribution in [0.15, 0.2) is 16.7 Å². The lowest BCUT2D eigenvalue weighted by Crippen LogP contribution is -1.92. The summed E-state index contributed by atoms with van der Waals surface area (Å²) >= 11 is 1.55. The normalized spacial score (nSPS) is 11.6. The van der Waals surface area contributed by atoms with Gasteiger partial charge in [0, 0.05) is 11.6 Å². The van der Waals surface area contributed by atoms with Crippen molar-refractivity contribution < 1.29 is 4.84 Å². The molecule has 1 heterocycles. The lowest BCUT2D eigenvalue weighted by atomic mass is 10.5. The highest BCUT2D eigenvalue weighted by atomic mass is 32.1. The smallest absolute Gasteiger partial charge is 0.140 e. The van der Waals surface area contributed by atoms with Crippen molar-refractivity contribution in [1.29, 1.82) is 0 Å². The molecule has 0 atom stereocenters. The van der Waals surface area contributed by atoms with Crippen LogP contribution in [0.4, 0.5) is 0 Å². The van der Waals surface area contributed by atoms with Gasteiger partial charge in [0.15, 0.2) is 0 Å². The van der Waals surface area contributed by atoms with Crippen LogP contribution in [0.2, 0.25) is 0 Å². The van der Waals surface area contributed by atoms with Gasteiger partial charge in [-0.15, -0.1) is 11.3 Å². The van der Waals surface area contributed by atoms with Gasteiger partial charge in [0.25, 0.3) is 0 Å². The van der Waals surface area contributed by atoms with E-state index in [2.05, 4.69) is 15.0 Å². The molecule has 54 valence electrons. The molecule has 1 rings (SSSR count). The maximum absolute atomic E-state index is 4.58. The van der Waals surface area contributed by atoms with E-state index in [1.165, 1.54) is 7.11 Å². The van der Waals surface area contributed by atoms with Crippen LogP contribution in [0.25, 0.3) is 0 Å². The highest BCUT2D eigenvalue weighted by Gasteiger charge is 1.98. The second-order valence-corrected chi connectivity index (χ2v) is 2.59. The van der Waals surface area contributed by atoms with Crippen molar-refractivity contribution in [2.24, 2.45) is 5.16 Å². The van der Waals surface area contributed by atoms with Gasteiger partial charge in [-0.1, -0.05) is 5.16 Å². The van der Waals surface area contributed by atoms with Crippen molar-refractivity contribution in [3.8, 4) is 0 Å². The number of aromatic nitrogens is 1. The van der Waals surface area contributed by atoms with E-state index in [9.17, 15) is 0 Å². The Morgan fingerprint density at radius 2 is 2.60 bits per heavy atom. The molecule has 0 fully saturated rings. The highest BCUT2D eigenvalue weighted by Crippen LogP contribution is 2.04. The summed E-state index contributed by atoms with van der Waals surface area (Å²) in [6.45, 7) is 1.86. The Hall–Kier alpha value is -0.900. The molecule has 0 spiro atoms. The Labute approximate surface area is 63.3 Å². The van der Waals surface area contributed by atoms with Crippen LogP contribution in [0.3, 0.4) is 0 Å². The van der Waals surface area contributed by atoms with Crippen LogP contribution >= 0.6 is 11.3 Å². The van der Waals surface area contributed by atoms with Crippen LogP contribution in [0.1, 0.15) is 11.9 Å². The number of oxime groups is 1. The highest BCUT2D eigenvalue weighted by molar-refractivity contribution is 7.11. The number of hydrogen-bond acceptors (Lipinski definition) is 4. The zero-order valence-corrected chi connectivity index (χ0v) is 6.68. The van der Waals surface area contributed by atoms with Crippen molar-refractivity contribution in [3.05, 3.63) is 16.6 Å². The third-order valence-corrected chi connectivity index (χ3v) is 1.85. The van der Waals surface area contributed by atoms with E-state index >= 15 is 0 Å². The van der Waals surface area contributed by atoms with Crippen LogP contribution in [-0.2, 0) is 4.84 Å². The van der Waals surface area contributed by atoms with Crippen molar-refractivity contribution in [2.75, 3.05) is 7.11 Å². The first-order chi connectivity index (χ1) is 4.84. The second-order valence-electron chi connectivity index (χ2n) is 1.70. The quantitative estimate of drug-likeness (QED) is 0.480. The summed E-state index contributed by atoms with van der Waals surface area (Å²) in [6, 6.07) is 0. The summed E-state index contributed by atoms with van der Waals surface area (Å²) in [5.74, 6) is 0. The molecule has 0 N–H and O–H groups in total. The minimum atomic E-state index is 0.817.